The van der Waals surface area contributed by atoms with E-state index >= 15 is 0 Å². The molecule has 0 radical (unpaired) electrons. The van der Waals surface area contributed by atoms with E-state index in [1.165, 1.54) is 12.8 Å². The van der Waals surface area contributed by atoms with Crippen LogP contribution in [-0.4, -0.2) is 71.2 Å². The van der Waals surface area contributed by atoms with Crippen molar-refractivity contribution < 1.29 is 19.4 Å². The number of aliphatic carboxylic acids is 1. The first kappa shape index (κ1) is 15.3. The Balaban J connectivity index is 1.99. The summed E-state index contributed by atoms with van der Waals surface area (Å²) in [5.41, 5.74) is 0. The summed E-state index contributed by atoms with van der Waals surface area (Å²) in [5, 5.41) is 9.01. The zero-order valence-corrected chi connectivity index (χ0v) is 12.2. The average molecular weight is 284 g/mol. The van der Waals surface area contributed by atoms with Gasteiger partial charge in [-0.1, -0.05) is 6.42 Å². The van der Waals surface area contributed by atoms with E-state index in [1.54, 1.807) is 4.90 Å². The standard InChI is InChI=1S/C14H24N2O4/c1-10(2)16-6-4-3-5-11(16)7-15-8-12(14(18)19)20-9-13(15)17/h10-12H,3-9H2,1-2H3,(H,18,19). The molecule has 20 heavy (non-hydrogen) atoms. The molecule has 2 saturated heterocycles. The van der Waals surface area contributed by atoms with Crippen molar-refractivity contribution in [3.63, 3.8) is 0 Å². The number of nitrogens with zero attached hydrogens (tertiary/aromatic N) is 2. The fourth-order valence-corrected chi connectivity index (χ4v) is 3.10. The molecule has 1 amide bonds. The van der Waals surface area contributed by atoms with Crippen molar-refractivity contribution in [1.29, 1.82) is 0 Å². The maximum atomic E-state index is 11.9. The number of ether oxygens (including phenoxy) is 1. The molecule has 0 aliphatic carbocycles. The first-order valence-corrected chi connectivity index (χ1v) is 7.37. The lowest BCUT2D eigenvalue weighted by Crippen LogP contribution is -2.56. The Morgan fingerprint density at radius 3 is 2.85 bits per heavy atom. The molecular weight excluding hydrogens is 260 g/mol. The van der Waals surface area contributed by atoms with Gasteiger partial charge in [0.1, 0.15) is 6.61 Å². The van der Waals surface area contributed by atoms with Crippen molar-refractivity contribution in [3.8, 4) is 0 Å². The second kappa shape index (κ2) is 6.54. The highest BCUT2D eigenvalue weighted by atomic mass is 16.5. The highest BCUT2D eigenvalue weighted by molar-refractivity contribution is 5.81. The van der Waals surface area contributed by atoms with E-state index in [1.807, 2.05) is 0 Å². The molecule has 2 rings (SSSR count). The molecular formula is C14H24N2O4. The van der Waals surface area contributed by atoms with Gasteiger partial charge in [-0.15, -0.1) is 0 Å². The molecule has 2 atom stereocenters. The monoisotopic (exact) mass is 284 g/mol. The third-order valence-electron chi connectivity index (χ3n) is 4.19. The van der Waals surface area contributed by atoms with Crippen LogP contribution in [0.5, 0.6) is 0 Å². The molecule has 0 aromatic heterocycles. The lowest BCUT2D eigenvalue weighted by atomic mass is 9.99. The maximum absolute atomic E-state index is 11.9. The number of piperidine rings is 1. The largest absolute Gasteiger partial charge is 0.479 e. The average Bonchev–Trinajstić information content (AvgIpc) is 2.41. The van der Waals surface area contributed by atoms with Gasteiger partial charge >= 0.3 is 5.97 Å². The van der Waals surface area contributed by atoms with Gasteiger partial charge in [0.2, 0.25) is 5.91 Å². The number of carboxylic acid groups (broad SMARTS) is 1. The van der Waals surface area contributed by atoms with Crippen molar-refractivity contribution in [1.82, 2.24) is 9.80 Å². The van der Waals surface area contributed by atoms with Gasteiger partial charge in [0.15, 0.2) is 6.10 Å². The van der Waals surface area contributed by atoms with Gasteiger partial charge in [-0.3, -0.25) is 9.69 Å². The van der Waals surface area contributed by atoms with E-state index in [0.717, 1.165) is 13.0 Å². The molecule has 0 aromatic rings. The molecule has 0 aromatic carbocycles. The second-order valence-electron chi connectivity index (χ2n) is 5.92. The lowest BCUT2D eigenvalue weighted by Gasteiger charge is -2.42. The Bertz CT molecular complexity index is 372. The fraction of sp³-hybridized carbons (Fsp3) is 0.857. The van der Waals surface area contributed by atoms with Gasteiger partial charge < -0.3 is 14.7 Å². The Labute approximate surface area is 119 Å². The second-order valence-corrected chi connectivity index (χ2v) is 5.92. The number of hydrogen-bond donors (Lipinski definition) is 1. The van der Waals surface area contributed by atoms with Crippen molar-refractivity contribution in [2.75, 3.05) is 26.2 Å². The van der Waals surface area contributed by atoms with Gasteiger partial charge in [-0.05, 0) is 33.2 Å². The highest BCUT2D eigenvalue weighted by Crippen LogP contribution is 2.21. The summed E-state index contributed by atoms with van der Waals surface area (Å²) in [5.74, 6) is -1.09. The number of likely N-dealkylation sites (tertiary alicyclic amines) is 1. The summed E-state index contributed by atoms with van der Waals surface area (Å²) >= 11 is 0. The van der Waals surface area contributed by atoms with Crippen LogP contribution < -0.4 is 0 Å². The van der Waals surface area contributed by atoms with Crippen LogP contribution in [0.4, 0.5) is 0 Å². The Morgan fingerprint density at radius 2 is 2.20 bits per heavy atom. The molecule has 2 aliphatic heterocycles. The van der Waals surface area contributed by atoms with E-state index in [2.05, 4.69) is 18.7 Å². The molecule has 2 fully saturated rings. The zero-order chi connectivity index (χ0) is 14.7. The van der Waals surface area contributed by atoms with Crippen LogP contribution in [0, 0.1) is 0 Å². The molecule has 0 saturated carbocycles. The summed E-state index contributed by atoms with van der Waals surface area (Å²) in [6.07, 6.45) is 2.56. The summed E-state index contributed by atoms with van der Waals surface area (Å²) in [6, 6.07) is 0.784. The van der Waals surface area contributed by atoms with E-state index in [-0.39, 0.29) is 19.1 Å². The third kappa shape index (κ3) is 3.49. The summed E-state index contributed by atoms with van der Waals surface area (Å²) in [6.45, 7) is 6.05. The summed E-state index contributed by atoms with van der Waals surface area (Å²) < 4.78 is 5.04. The molecule has 114 valence electrons. The topological polar surface area (TPSA) is 70.1 Å². The van der Waals surface area contributed by atoms with Crippen LogP contribution >= 0.6 is 0 Å². The predicted octanol–water partition coefficient (Wildman–Crippen LogP) is 0.561. The summed E-state index contributed by atoms with van der Waals surface area (Å²) in [4.78, 5) is 27.0. The molecule has 2 aliphatic rings. The van der Waals surface area contributed by atoms with Crippen LogP contribution in [0.3, 0.4) is 0 Å². The Hall–Kier alpha value is -1.14. The molecule has 6 nitrogen and oxygen atoms in total. The number of carboxylic acids is 1. The maximum Gasteiger partial charge on any atom is 0.334 e. The summed E-state index contributed by atoms with van der Waals surface area (Å²) in [7, 11) is 0. The van der Waals surface area contributed by atoms with E-state index in [0.29, 0.717) is 18.6 Å². The first-order chi connectivity index (χ1) is 9.49. The molecule has 2 heterocycles. The van der Waals surface area contributed by atoms with Gasteiger partial charge in [-0.2, -0.15) is 0 Å². The number of rotatable bonds is 4. The number of carbonyl (C=O) groups is 2. The molecule has 2 unspecified atom stereocenters. The van der Waals surface area contributed by atoms with Gasteiger partial charge in [0.25, 0.3) is 0 Å². The van der Waals surface area contributed by atoms with Crippen LogP contribution in [0.2, 0.25) is 0 Å². The normalized spacial score (nSPS) is 28.9. The lowest BCUT2D eigenvalue weighted by molar-refractivity contribution is -0.165. The number of amides is 1. The van der Waals surface area contributed by atoms with Crippen LogP contribution in [0.25, 0.3) is 0 Å². The predicted molar refractivity (Wildman–Crippen MR) is 73.4 cm³/mol. The van der Waals surface area contributed by atoms with Crippen molar-refractivity contribution in [2.45, 2.75) is 51.3 Å². The SMILES string of the molecule is CC(C)N1CCCCC1CN1CC(C(=O)O)OCC1=O. The van der Waals surface area contributed by atoms with E-state index in [9.17, 15) is 9.59 Å². The Kier molecular flexibility index (Phi) is 4.99. The highest BCUT2D eigenvalue weighted by Gasteiger charge is 2.34. The molecule has 0 spiro atoms. The van der Waals surface area contributed by atoms with E-state index < -0.39 is 12.1 Å². The van der Waals surface area contributed by atoms with Gasteiger partial charge in [0.05, 0.1) is 6.54 Å². The Morgan fingerprint density at radius 1 is 1.45 bits per heavy atom. The molecule has 1 N–H and O–H groups in total. The quantitative estimate of drug-likeness (QED) is 0.817. The van der Waals surface area contributed by atoms with Crippen LogP contribution in [-0.2, 0) is 14.3 Å². The molecule has 0 bridgehead atoms. The fourth-order valence-electron chi connectivity index (χ4n) is 3.10. The number of morpholine rings is 1. The van der Waals surface area contributed by atoms with E-state index in [4.69, 9.17) is 9.84 Å². The minimum Gasteiger partial charge on any atom is -0.479 e. The minimum absolute atomic E-state index is 0.100. The van der Waals surface area contributed by atoms with Crippen LogP contribution in [0.15, 0.2) is 0 Å². The van der Waals surface area contributed by atoms with Crippen LogP contribution in [0.1, 0.15) is 33.1 Å². The van der Waals surface area contributed by atoms with Crippen molar-refractivity contribution in [3.05, 3.63) is 0 Å². The third-order valence-corrected chi connectivity index (χ3v) is 4.19. The van der Waals surface area contributed by atoms with Crippen molar-refractivity contribution in [2.24, 2.45) is 0 Å². The van der Waals surface area contributed by atoms with Gasteiger partial charge in [0, 0.05) is 18.6 Å². The smallest absolute Gasteiger partial charge is 0.334 e. The number of carbonyl (C=O) groups excluding carboxylic acids is 1. The zero-order valence-electron chi connectivity index (χ0n) is 12.2. The first-order valence-electron chi connectivity index (χ1n) is 7.37. The van der Waals surface area contributed by atoms with Gasteiger partial charge in [-0.25, -0.2) is 4.79 Å². The minimum atomic E-state index is -0.994. The number of hydrogen-bond acceptors (Lipinski definition) is 4. The van der Waals surface area contributed by atoms with Crippen molar-refractivity contribution >= 4 is 11.9 Å². The molecule has 6 heteroatoms.